The molecule has 1 aromatic heterocycles. The Balaban J connectivity index is 1.53. The number of rotatable bonds is 8. The van der Waals surface area contributed by atoms with Gasteiger partial charge in [0.05, 0.1) is 19.1 Å². The van der Waals surface area contributed by atoms with Gasteiger partial charge >= 0.3 is 0 Å². The number of nitrogens with one attached hydrogen (secondary N) is 1. The summed E-state index contributed by atoms with van der Waals surface area (Å²) in [5, 5.41) is 4.80. The quantitative estimate of drug-likeness (QED) is 0.503. The molecule has 8 heteroatoms. The third kappa shape index (κ3) is 5.17. The molecule has 0 fully saturated rings. The van der Waals surface area contributed by atoms with Gasteiger partial charge in [-0.3, -0.25) is 9.59 Å². The van der Waals surface area contributed by atoms with Crippen molar-refractivity contribution in [1.82, 2.24) is 4.90 Å². The van der Waals surface area contributed by atoms with E-state index in [4.69, 9.17) is 14.2 Å². The van der Waals surface area contributed by atoms with E-state index in [1.807, 2.05) is 53.6 Å². The fourth-order valence-electron chi connectivity index (χ4n) is 3.93. The molecule has 1 N–H and O–H groups in total. The van der Waals surface area contributed by atoms with Gasteiger partial charge in [0.1, 0.15) is 5.75 Å². The van der Waals surface area contributed by atoms with Gasteiger partial charge in [0.2, 0.25) is 0 Å². The van der Waals surface area contributed by atoms with Crippen LogP contribution in [0.2, 0.25) is 0 Å². The minimum absolute atomic E-state index is 0.0386. The summed E-state index contributed by atoms with van der Waals surface area (Å²) in [6, 6.07) is 14.9. The van der Waals surface area contributed by atoms with Crippen molar-refractivity contribution in [3.05, 3.63) is 69.9 Å². The number of ether oxygens (including phenoxy) is 3. The van der Waals surface area contributed by atoms with Crippen LogP contribution in [0.25, 0.3) is 0 Å². The molecule has 0 spiro atoms. The van der Waals surface area contributed by atoms with Crippen molar-refractivity contribution in [3.63, 3.8) is 0 Å². The van der Waals surface area contributed by atoms with Crippen molar-refractivity contribution < 1.29 is 23.8 Å². The SMILES string of the molecule is CCC1Oc2ccc(NC(=O)c3cccs3)cc2CN(CCc2ccc(OC)c(OC)c2)C1=O. The van der Waals surface area contributed by atoms with Crippen LogP contribution < -0.4 is 19.5 Å². The number of hydrogen-bond acceptors (Lipinski definition) is 6. The number of fused-ring (bicyclic) bond motifs is 1. The van der Waals surface area contributed by atoms with Crippen LogP contribution in [0.4, 0.5) is 5.69 Å². The lowest BCUT2D eigenvalue weighted by molar-refractivity contribution is -0.138. The van der Waals surface area contributed by atoms with E-state index in [9.17, 15) is 9.59 Å². The second kappa shape index (κ2) is 10.6. The predicted octanol–water partition coefficient (Wildman–Crippen LogP) is 4.76. The first-order valence-corrected chi connectivity index (χ1v) is 12.0. The van der Waals surface area contributed by atoms with Crippen molar-refractivity contribution in [2.24, 2.45) is 0 Å². The number of methoxy groups -OCH3 is 2. The van der Waals surface area contributed by atoms with E-state index >= 15 is 0 Å². The summed E-state index contributed by atoms with van der Waals surface area (Å²) in [6.07, 6.45) is 0.687. The Bertz CT molecular complexity index is 1160. The molecule has 4 rings (SSSR count). The molecular weight excluding hydrogens is 452 g/mol. The van der Waals surface area contributed by atoms with Crippen LogP contribution in [-0.4, -0.2) is 43.6 Å². The van der Waals surface area contributed by atoms with Gasteiger partial charge < -0.3 is 24.4 Å². The molecule has 0 saturated carbocycles. The zero-order chi connectivity index (χ0) is 24.1. The van der Waals surface area contributed by atoms with Gasteiger partial charge in [-0.05, 0) is 60.2 Å². The van der Waals surface area contributed by atoms with Crippen molar-refractivity contribution in [3.8, 4) is 17.2 Å². The smallest absolute Gasteiger partial charge is 0.265 e. The standard InChI is InChI=1S/C26H28N2O5S/c1-4-20-26(30)28(12-11-17-7-9-22(31-2)23(14-17)32-3)16-18-15-19(8-10-21(18)33-20)27-25(29)24-6-5-13-34-24/h5-10,13-15,20H,4,11-12,16H2,1-3H3,(H,27,29). The third-order valence-corrected chi connectivity index (χ3v) is 6.64. The van der Waals surface area contributed by atoms with E-state index in [2.05, 4.69) is 5.32 Å². The molecule has 2 amide bonds. The molecule has 0 aliphatic carbocycles. The lowest BCUT2D eigenvalue weighted by atomic mass is 10.1. The van der Waals surface area contributed by atoms with Crippen LogP contribution in [0, 0.1) is 0 Å². The van der Waals surface area contributed by atoms with Gasteiger partial charge in [0.15, 0.2) is 17.6 Å². The molecule has 0 bridgehead atoms. The average Bonchev–Trinajstić information content (AvgIpc) is 3.36. The van der Waals surface area contributed by atoms with Gasteiger partial charge in [-0.2, -0.15) is 0 Å². The zero-order valence-electron chi connectivity index (χ0n) is 19.5. The van der Waals surface area contributed by atoms with E-state index in [-0.39, 0.29) is 11.8 Å². The molecule has 1 aliphatic heterocycles. The van der Waals surface area contributed by atoms with Crippen LogP contribution in [0.1, 0.15) is 34.1 Å². The summed E-state index contributed by atoms with van der Waals surface area (Å²) in [4.78, 5) is 28.1. The molecule has 0 saturated heterocycles. The summed E-state index contributed by atoms with van der Waals surface area (Å²) >= 11 is 1.39. The second-order valence-electron chi connectivity index (χ2n) is 7.97. The molecule has 2 aromatic carbocycles. The topological polar surface area (TPSA) is 77.1 Å². The van der Waals surface area contributed by atoms with E-state index in [1.165, 1.54) is 11.3 Å². The van der Waals surface area contributed by atoms with E-state index in [0.717, 1.165) is 11.1 Å². The highest BCUT2D eigenvalue weighted by Gasteiger charge is 2.30. The molecule has 1 atom stereocenters. The molecule has 0 radical (unpaired) electrons. The Hall–Kier alpha value is -3.52. The first kappa shape index (κ1) is 23.6. The monoisotopic (exact) mass is 480 g/mol. The van der Waals surface area contributed by atoms with Gasteiger partial charge in [-0.25, -0.2) is 0 Å². The molecule has 1 aliphatic rings. The van der Waals surface area contributed by atoms with E-state index < -0.39 is 6.10 Å². The van der Waals surface area contributed by atoms with Gasteiger partial charge in [0, 0.05) is 24.3 Å². The van der Waals surface area contributed by atoms with Gasteiger partial charge in [-0.15, -0.1) is 11.3 Å². The van der Waals surface area contributed by atoms with Crippen molar-refractivity contribution in [1.29, 1.82) is 0 Å². The molecule has 1 unspecified atom stereocenters. The molecule has 3 aromatic rings. The number of nitrogens with zero attached hydrogens (tertiary/aromatic N) is 1. The minimum atomic E-state index is -0.543. The second-order valence-corrected chi connectivity index (χ2v) is 8.92. The van der Waals surface area contributed by atoms with Crippen LogP contribution >= 0.6 is 11.3 Å². The number of thiophene rings is 1. The summed E-state index contributed by atoms with van der Waals surface area (Å²) in [5.41, 5.74) is 2.57. The number of anilines is 1. The third-order valence-electron chi connectivity index (χ3n) is 5.77. The highest BCUT2D eigenvalue weighted by Crippen LogP contribution is 2.31. The van der Waals surface area contributed by atoms with Crippen molar-refractivity contribution in [2.75, 3.05) is 26.1 Å². The largest absolute Gasteiger partial charge is 0.493 e. The maximum absolute atomic E-state index is 13.2. The minimum Gasteiger partial charge on any atom is -0.493 e. The number of carbonyl (C=O) groups excluding carboxylic acids is 2. The molecule has 178 valence electrons. The van der Waals surface area contributed by atoms with Crippen LogP contribution in [0.5, 0.6) is 17.2 Å². The number of benzene rings is 2. The number of hydrogen-bond donors (Lipinski definition) is 1. The van der Waals surface area contributed by atoms with Crippen molar-refractivity contribution in [2.45, 2.75) is 32.4 Å². The maximum Gasteiger partial charge on any atom is 0.265 e. The fourth-order valence-corrected chi connectivity index (χ4v) is 4.55. The zero-order valence-corrected chi connectivity index (χ0v) is 20.3. The lowest BCUT2D eigenvalue weighted by Crippen LogP contribution is -2.40. The Labute approximate surface area is 203 Å². The summed E-state index contributed by atoms with van der Waals surface area (Å²) in [5.74, 6) is 1.81. The summed E-state index contributed by atoms with van der Waals surface area (Å²) in [6.45, 7) is 2.87. The van der Waals surface area contributed by atoms with E-state index in [1.54, 1.807) is 26.4 Å². The van der Waals surface area contributed by atoms with Crippen LogP contribution in [0.3, 0.4) is 0 Å². The molecule has 2 heterocycles. The van der Waals surface area contributed by atoms with E-state index in [0.29, 0.717) is 53.7 Å². The fraction of sp³-hybridized carbons (Fsp3) is 0.308. The Kier molecular flexibility index (Phi) is 7.37. The Morgan fingerprint density at radius 3 is 2.68 bits per heavy atom. The Morgan fingerprint density at radius 1 is 1.15 bits per heavy atom. The Morgan fingerprint density at radius 2 is 1.97 bits per heavy atom. The average molecular weight is 481 g/mol. The molecular formula is C26H28N2O5S. The van der Waals surface area contributed by atoms with Gasteiger partial charge in [-0.1, -0.05) is 19.1 Å². The van der Waals surface area contributed by atoms with Crippen LogP contribution in [-0.2, 0) is 17.8 Å². The number of carbonyl (C=O) groups is 2. The predicted molar refractivity (Wildman–Crippen MR) is 132 cm³/mol. The molecule has 34 heavy (non-hydrogen) atoms. The maximum atomic E-state index is 13.2. The highest BCUT2D eigenvalue weighted by atomic mass is 32.1. The summed E-state index contributed by atoms with van der Waals surface area (Å²) < 4.78 is 16.8. The normalized spacial score (nSPS) is 15.2. The lowest BCUT2D eigenvalue weighted by Gasteiger charge is -2.23. The number of amides is 2. The summed E-state index contributed by atoms with van der Waals surface area (Å²) in [7, 11) is 3.21. The molecule has 7 nitrogen and oxygen atoms in total. The highest BCUT2D eigenvalue weighted by molar-refractivity contribution is 7.12. The first-order chi connectivity index (χ1) is 16.5. The van der Waals surface area contributed by atoms with Gasteiger partial charge in [0.25, 0.3) is 11.8 Å². The van der Waals surface area contributed by atoms with Crippen molar-refractivity contribution >= 4 is 28.8 Å². The first-order valence-electron chi connectivity index (χ1n) is 11.2. The van der Waals surface area contributed by atoms with Crippen LogP contribution in [0.15, 0.2) is 53.9 Å².